The number of carboxylic acid groups (broad SMARTS) is 1. The molecule has 0 amide bonds. The molecule has 1 saturated heterocycles. The van der Waals surface area contributed by atoms with Gasteiger partial charge in [-0.15, -0.1) is 0 Å². The van der Waals surface area contributed by atoms with E-state index in [2.05, 4.69) is 0 Å². The Morgan fingerprint density at radius 2 is 1.55 bits per heavy atom. The summed E-state index contributed by atoms with van der Waals surface area (Å²) in [4.78, 5) is 23.6. The van der Waals surface area contributed by atoms with Crippen LogP contribution in [-0.2, 0) is 9.47 Å². The van der Waals surface area contributed by atoms with Gasteiger partial charge < -0.3 is 55.1 Å². The third-order valence-electron chi connectivity index (χ3n) is 4.79. The number of rotatable bonds is 6. The van der Waals surface area contributed by atoms with Crippen LogP contribution in [0, 0.1) is 0 Å². The van der Waals surface area contributed by atoms with Crippen LogP contribution in [0.1, 0.15) is 20.7 Å². The molecule has 13 heteroatoms. The maximum atomic E-state index is 12.2. The highest BCUT2D eigenvalue weighted by atomic mass is 16.7. The Balaban J connectivity index is 1.73. The molecule has 3 rings (SSSR count). The summed E-state index contributed by atoms with van der Waals surface area (Å²) < 4.78 is 15.6. The lowest BCUT2D eigenvalue weighted by atomic mass is 9.99. The van der Waals surface area contributed by atoms with Gasteiger partial charge in [-0.25, -0.2) is 9.59 Å². The number of phenolic OH excluding ortho intramolecular Hbond substituents is 4. The van der Waals surface area contributed by atoms with Crippen molar-refractivity contribution in [3.05, 3.63) is 41.5 Å². The van der Waals surface area contributed by atoms with Crippen molar-refractivity contribution in [1.82, 2.24) is 0 Å². The lowest BCUT2D eigenvalue weighted by molar-refractivity contribution is -0.277. The number of esters is 1. The van der Waals surface area contributed by atoms with Crippen molar-refractivity contribution in [3.63, 3.8) is 0 Å². The summed E-state index contributed by atoms with van der Waals surface area (Å²) in [5.41, 5.74) is -0.821. The molecule has 0 spiro atoms. The molecule has 1 aliphatic rings. The molecular formula is C20H20O13. The van der Waals surface area contributed by atoms with E-state index < -0.39 is 72.1 Å². The number of aliphatic hydroxyl groups excluding tert-OH is 3. The number of aromatic hydroxyl groups is 4. The van der Waals surface area contributed by atoms with Crippen LogP contribution in [0.5, 0.6) is 28.7 Å². The van der Waals surface area contributed by atoms with Crippen molar-refractivity contribution in [3.8, 4) is 28.7 Å². The number of ether oxygens (including phenoxy) is 3. The van der Waals surface area contributed by atoms with Crippen LogP contribution in [0.4, 0.5) is 0 Å². The minimum absolute atomic E-state index is 0.321. The first-order chi connectivity index (χ1) is 15.5. The number of carbonyl (C=O) groups excluding carboxylic acids is 1. The summed E-state index contributed by atoms with van der Waals surface area (Å²) in [5, 5.41) is 77.5. The van der Waals surface area contributed by atoms with E-state index in [9.17, 15) is 50.4 Å². The van der Waals surface area contributed by atoms with Crippen LogP contribution in [0.25, 0.3) is 0 Å². The van der Waals surface area contributed by atoms with Crippen molar-refractivity contribution in [2.45, 2.75) is 30.7 Å². The van der Waals surface area contributed by atoms with Gasteiger partial charge >= 0.3 is 11.9 Å². The maximum absolute atomic E-state index is 12.2. The molecule has 0 bridgehead atoms. The number of aromatic carboxylic acids is 1. The number of hydrogen-bond donors (Lipinski definition) is 8. The Labute approximate surface area is 184 Å². The highest BCUT2D eigenvalue weighted by Crippen LogP contribution is 2.35. The third kappa shape index (κ3) is 5.01. The fourth-order valence-corrected chi connectivity index (χ4v) is 3.03. The van der Waals surface area contributed by atoms with Crippen molar-refractivity contribution >= 4 is 11.9 Å². The van der Waals surface area contributed by atoms with Gasteiger partial charge in [0.05, 0.1) is 5.56 Å². The first-order valence-corrected chi connectivity index (χ1v) is 9.34. The number of carboxylic acids is 1. The highest BCUT2D eigenvalue weighted by Gasteiger charge is 2.45. The fourth-order valence-electron chi connectivity index (χ4n) is 3.03. The Hall–Kier alpha value is -3.78. The summed E-state index contributed by atoms with van der Waals surface area (Å²) in [7, 11) is 0. The molecular weight excluding hydrogens is 448 g/mol. The minimum atomic E-state index is -1.83. The molecule has 0 saturated carbocycles. The van der Waals surface area contributed by atoms with E-state index in [1.165, 1.54) is 0 Å². The quantitative estimate of drug-likeness (QED) is 0.193. The van der Waals surface area contributed by atoms with Gasteiger partial charge in [-0.05, 0) is 30.3 Å². The van der Waals surface area contributed by atoms with Crippen LogP contribution in [0.15, 0.2) is 30.3 Å². The molecule has 1 aliphatic heterocycles. The van der Waals surface area contributed by atoms with Crippen molar-refractivity contribution < 1.29 is 64.7 Å². The van der Waals surface area contributed by atoms with E-state index in [0.29, 0.717) is 0 Å². The van der Waals surface area contributed by atoms with Crippen molar-refractivity contribution in [1.29, 1.82) is 0 Å². The van der Waals surface area contributed by atoms with Crippen LogP contribution in [-0.4, -0.2) is 90.1 Å². The highest BCUT2D eigenvalue weighted by molar-refractivity contribution is 5.91. The lowest BCUT2D eigenvalue weighted by Crippen LogP contribution is -2.60. The van der Waals surface area contributed by atoms with Gasteiger partial charge in [-0.1, -0.05) is 0 Å². The molecule has 0 unspecified atom stereocenters. The van der Waals surface area contributed by atoms with E-state index in [1.807, 2.05) is 0 Å². The largest absolute Gasteiger partial charge is 0.508 e. The Morgan fingerprint density at radius 3 is 2.15 bits per heavy atom. The average molecular weight is 468 g/mol. The SMILES string of the molecule is O=C(OC[C@H]1O[C@@H](Oc2ccc(O)cc2C(=O)O)[C@H](O)[C@@H](O)[C@@H]1O)c1cc(O)c(O)c(O)c1. The van der Waals surface area contributed by atoms with Gasteiger partial charge in [0.15, 0.2) is 17.2 Å². The van der Waals surface area contributed by atoms with E-state index in [-0.39, 0.29) is 17.1 Å². The van der Waals surface area contributed by atoms with Gasteiger partial charge in [0, 0.05) is 0 Å². The van der Waals surface area contributed by atoms with Crippen molar-refractivity contribution in [2.24, 2.45) is 0 Å². The van der Waals surface area contributed by atoms with Crippen molar-refractivity contribution in [2.75, 3.05) is 6.61 Å². The molecule has 2 aromatic rings. The van der Waals surface area contributed by atoms with Gasteiger partial charge in [-0.2, -0.15) is 0 Å². The molecule has 33 heavy (non-hydrogen) atoms. The number of carbonyl (C=O) groups is 2. The summed E-state index contributed by atoms with van der Waals surface area (Å²) in [6, 6.07) is 4.73. The Bertz CT molecular complexity index is 1030. The second kappa shape index (κ2) is 9.38. The van der Waals surface area contributed by atoms with Crippen LogP contribution in [0.3, 0.4) is 0 Å². The van der Waals surface area contributed by atoms with Crippen LogP contribution in [0.2, 0.25) is 0 Å². The second-order valence-corrected chi connectivity index (χ2v) is 7.08. The molecule has 178 valence electrons. The van der Waals surface area contributed by atoms with Crippen LogP contribution >= 0.6 is 0 Å². The number of aliphatic hydroxyl groups is 3. The smallest absolute Gasteiger partial charge is 0.339 e. The normalized spacial score (nSPS) is 24.8. The zero-order valence-electron chi connectivity index (χ0n) is 16.6. The second-order valence-electron chi connectivity index (χ2n) is 7.08. The standard InChI is InChI=1S/C20H20O13/c21-8-1-2-12(9(5-8)18(28)29)32-20-17(27)16(26)15(25)13(33-20)6-31-19(30)7-3-10(22)14(24)11(23)4-7/h1-5,13,15-17,20-27H,6H2,(H,28,29)/t13-,15-,16+,17-,20-/m1/s1. The average Bonchev–Trinajstić information content (AvgIpc) is 2.77. The van der Waals surface area contributed by atoms with Gasteiger partial charge in [0.25, 0.3) is 0 Å². The van der Waals surface area contributed by atoms with Gasteiger partial charge in [0.2, 0.25) is 6.29 Å². The number of benzene rings is 2. The predicted molar refractivity (Wildman–Crippen MR) is 104 cm³/mol. The maximum Gasteiger partial charge on any atom is 0.339 e. The van der Waals surface area contributed by atoms with E-state index >= 15 is 0 Å². The van der Waals surface area contributed by atoms with Gasteiger partial charge in [0.1, 0.15) is 48.1 Å². The molecule has 13 nitrogen and oxygen atoms in total. The molecule has 1 fully saturated rings. The summed E-state index contributed by atoms with van der Waals surface area (Å²) in [6.07, 6.45) is -8.54. The number of hydrogen-bond acceptors (Lipinski definition) is 12. The first kappa shape index (κ1) is 23.9. The van der Waals surface area contributed by atoms with E-state index in [4.69, 9.17) is 14.2 Å². The Morgan fingerprint density at radius 1 is 0.909 bits per heavy atom. The summed E-state index contributed by atoms with van der Waals surface area (Å²) in [6.45, 7) is -0.687. The van der Waals surface area contributed by atoms with Crippen LogP contribution < -0.4 is 4.74 Å². The van der Waals surface area contributed by atoms with E-state index in [1.54, 1.807) is 0 Å². The molecule has 2 aromatic carbocycles. The molecule has 0 aromatic heterocycles. The fraction of sp³-hybridized carbons (Fsp3) is 0.300. The molecule has 0 aliphatic carbocycles. The topological polar surface area (TPSA) is 224 Å². The molecule has 5 atom stereocenters. The van der Waals surface area contributed by atoms with Gasteiger partial charge in [-0.3, -0.25) is 0 Å². The number of phenols is 4. The molecule has 1 heterocycles. The monoisotopic (exact) mass is 468 g/mol. The van der Waals surface area contributed by atoms with E-state index in [0.717, 1.165) is 30.3 Å². The molecule has 0 radical (unpaired) electrons. The Kier molecular flexibility index (Phi) is 6.78. The molecule has 8 N–H and O–H groups in total. The zero-order valence-corrected chi connectivity index (χ0v) is 16.6. The minimum Gasteiger partial charge on any atom is -0.508 e. The summed E-state index contributed by atoms with van der Waals surface area (Å²) >= 11 is 0. The first-order valence-electron chi connectivity index (χ1n) is 9.34. The predicted octanol–water partition coefficient (Wildman–Crippen LogP) is -0.749. The lowest BCUT2D eigenvalue weighted by Gasteiger charge is -2.40. The summed E-state index contributed by atoms with van der Waals surface area (Å²) in [5.74, 6) is -5.66. The third-order valence-corrected chi connectivity index (χ3v) is 4.79. The zero-order chi connectivity index (χ0) is 24.4.